The molecular formula is C13H26BN3O7. The molecule has 10 nitrogen and oxygen atoms in total. The Bertz CT molecular complexity index is 422. The standard InChI is InChI=1S/C13H26BN3O7/c15-4-5-17(13(22)10(16)7-12(20)21)8-9(6-11(18)19)2-1-3-14(23)24/h9-10,23-24H,1-8,15-16H2,(H,18,19)(H,20,21)/t9?,10-/m0/s1. The zero-order valence-corrected chi connectivity index (χ0v) is 13.5. The first-order chi connectivity index (χ1) is 11.2. The molecule has 24 heavy (non-hydrogen) atoms. The number of carbonyl (C=O) groups is 3. The van der Waals surface area contributed by atoms with Crippen molar-refractivity contribution in [2.24, 2.45) is 17.4 Å². The Balaban J connectivity index is 4.86. The summed E-state index contributed by atoms with van der Waals surface area (Å²) in [4.78, 5) is 35.1. The fourth-order valence-corrected chi connectivity index (χ4v) is 2.36. The minimum atomic E-state index is -1.47. The van der Waals surface area contributed by atoms with Gasteiger partial charge in [-0.05, 0) is 18.7 Å². The molecule has 1 unspecified atom stereocenters. The van der Waals surface area contributed by atoms with Crippen molar-refractivity contribution in [3.63, 3.8) is 0 Å². The Labute approximate surface area is 140 Å². The summed E-state index contributed by atoms with van der Waals surface area (Å²) in [7, 11) is -1.47. The molecule has 0 heterocycles. The van der Waals surface area contributed by atoms with Gasteiger partial charge < -0.3 is 36.6 Å². The summed E-state index contributed by atoms with van der Waals surface area (Å²) in [5.41, 5.74) is 11.0. The third kappa shape index (κ3) is 10.2. The molecule has 0 aromatic carbocycles. The van der Waals surface area contributed by atoms with Gasteiger partial charge in [0.25, 0.3) is 0 Å². The molecule has 1 amide bonds. The van der Waals surface area contributed by atoms with Gasteiger partial charge in [0.15, 0.2) is 0 Å². The third-order valence-electron chi connectivity index (χ3n) is 3.44. The van der Waals surface area contributed by atoms with E-state index in [-0.39, 0.29) is 32.4 Å². The lowest BCUT2D eigenvalue weighted by atomic mass is 9.81. The Hall–Kier alpha value is -1.69. The third-order valence-corrected chi connectivity index (χ3v) is 3.44. The van der Waals surface area contributed by atoms with Crippen LogP contribution in [-0.2, 0) is 14.4 Å². The molecule has 0 aliphatic carbocycles. The summed E-state index contributed by atoms with van der Waals surface area (Å²) in [6.07, 6.45) is 0.109. The van der Waals surface area contributed by atoms with Gasteiger partial charge in [0, 0.05) is 26.1 Å². The molecule has 0 fully saturated rings. The lowest BCUT2D eigenvalue weighted by Gasteiger charge is -2.28. The van der Waals surface area contributed by atoms with Gasteiger partial charge in [0.05, 0.1) is 12.5 Å². The van der Waals surface area contributed by atoms with Crippen LogP contribution < -0.4 is 11.5 Å². The number of nitrogens with two attached hydrogens (primary N) is 2. The summed E-state index contributed by atoms with van der Waals surface area (Å²) < 4.78 is 0. The van der Waals surface area contributed by atoms with Crippen LogP contribution in [0.1, 0.15) is 25.7 Å². The normalized spacial score (nSPS) is 13.2. The van der Waals surface area contributed by atoms with Crippen LogP contribution in [0, 0.1) is 5.92 Å². The number of amides is 1. The first-order valence-corrected chi connectivity index (χ1v) is 7.71. The maximum Gasteiger partial charge on any atom is 0.451 e. The number of hydrogen-bond acceptors (Lipinski definition) is 7. The largest absolute Gasteiger partial charge is 0.481 e. The van der Waals surface area contributed by atoms with E-state index >= 15 is 0 Å². The van der Waals surface area contributed by atoms with Crippen molar-refractivity contribution in [3.05, 3.63) is 0 Å². The molecule has 0 radical (unpaired) electrons. The topological polar surface area (TPSA) is 187 Å². The van der Waals surface area contributed by atoms with Crippen LogP contribution in [0.3, 0.4) is 0 Å². The maximum absolute atomic E-state index is 12.2. The number of carbonyl (C=O) groups excluding carboxylic acids is 1. The number of aliphatic carboxylic acids is 2. The van der Waals surface area contributed by atoms with Gasteiger partial charge in [-0.2, -0.15) is 0 Å². The number of carboxylic acid groups (broad SMARTS) is 2. The molecule has 0 bridgehead atoms. The molecule has 0 saturated carbocycles. The molecule has 8 N–H and O–H groups in total. The smallest absolute Gasteiger partial charge is 0.451 e. The van der Waals surface area contributed by atoms with Gasteiger partial charge in [-0.3, -0.25) is 14.4 Å². The Morgan fingerprint density at radius 1 is 1.08 bits per heavy atom. The van der Waals surface area contributed by atoms with E-state index in [1.807, 2.05) is 0 Å². The molecule has 11 heteroatoms. The van der Waals surface area contributed by atoms with Gasteiger partial charge in [-0.1, -0.05) is 6.42 Å². The second-order valence-electron chi connectivity index (χ2n) is 5.65. The lowest BCUT2D eigenvalue weighted by Crippen LogP contribution is -2.48. The van der Waals surface area contributed by atoms with Gasteiger partial charge in [0.1, 0.15) is 0 Å². The molecule has 0 aromatic rings. The summed E-state index contributed by atoms with van der Waals surface area (Å²) in [6, 6.07) is -1.22. The second-order valence-corrected chi connectivity index (χ2v) is 5.65. The van der Waals surface area contributed by atoms with Crippen LogP contribution in [0.4, 0.5) is 0 Å². The fourth-order valence-electron chi connectivity index (χ4n) is 2.36. The van der Waals surface area contributed by atoms with E-state index in [9.17, 15) is 14.4 Å². The van der Waals surface area contributed by atoms with Crippen LogP contribution in [0.25, 0.3) is 0 Å². The highest BCUT2D eigenvalue weighted by atomic mass is 16.4. The predicted molar refractivity (Wildman–Crippen MR) is 85.8 cm³/mol. The van der Waals surface area contributed by atoms with Crippen LogP contribution >= 0.6 is 0 Å². The molecule has 0 spiro atoms. The number of carboxylic acids is 2. The summed E-state index contributed by atoms with van der Waals surface area (Å²) in [5, 5.41) is 35.4. The molecule has 2 atom stereocenters. The predicted octanol–water partition coefficient (Wildman–Crippen LogP) is -2.08. The minimum Gasteiger partial charge on any atom is -0.481 e. The summed E-state index contributed by atoms with van der Waals surface area (Å²) >= 11 is 0. The molecule has 138 valence electrons. The highest BCUT2D eigenvalue weighted by Crippen LogP contribution is 2.16. The van der Waals surface area contributed by atoms with E-state index in [2.05, 4.69) is 0 Å². The van der Waals surface area contributed by atoms with Gasteiger partial charge in [-0.25, -0.2) is 0 Å². The van der Waals surface area contributed by atoms with Crippen molar-refractivity contribution >= 4 is 25.0 Å². The molecule has 0 aliphatic heterocycles. The van der Waals surface area contributed by atoms with E-state index in [1.54, 1.807) is 0 Å². The van der Waals surface area contributed by atoms with Crippen molar-refractivity contribution in [1.29, 1.82) is 0 Å². The minimum absolute atomic E-state index is 0.0666. The van der Waals surface area contributed by atoms with Crippen molar-refractivity contribution in [3.8, 4) is 0 Å². The monoisotopic (exact) mass is 347 g/mol. The Morgan fingerprint density at radius 3 is 2.12 bits per heavy atom. The van der Waals surface area contributed by atoms with E-state index in [4.69, 9.17) is 31.7 Å². The molecule has 0 aromatic heterocycles. The van der Waals surface area contributed by atoms with Crippen LogP contribution in [0.2, 0.25) is 6.32 Å². The van der Waals surface area contributed by atoms with E-state index < -0.39 is 43.3 Å². The van der Waals surface area contributed by atoms with Crippen molar-refractivity contribution in [2.45, 2.75) is 38.0 Å². The first-order valence-electron chi connectivity index (χ1n) is 7.71. The van der Waals surface area contributed by atoms with Crippen molar-refractivity contribution in [1.82, 2.24) is 4.90 Å². The molecule has 0 rings (SSSR count). The van der Waals surface area contributed by atoms with Gasteiger partial charge in [-0.15, -0.1) is 0 Å². The zero-order chi connectivity index (χ0) is 18.7. The SMILES string of the molecule is NCCN(CC(CCCB(O)O)CC(=O)O)C(=O)[C@@H](N)CC(=O)O. The van der Waals surface area contributed by atoms with Crippen LogP contribution in [-0.4, -0.2) is 75.8 Å². The highest BCUT2D eigenvalue weighted by molar-refractivity contribution is 6.40. The maximum atomic E-state index is 12.2. The average Bonchev–Trinajstić information content (AvgIpc) is 2.44. The van der Waals surface area contributed by atoms with E-state index in [0.29, 0.717) is 12.8 Å². The Morgan fingerprint density at radius 2 is 1.67 bits per heavy atom. The van der Waals surface area contributed by atoms with Crippen LogP contribution in [0.15, 0.2) is 0 Å². The summed E-state index contributed by atoms with van der Waals surface area (Å²) in [6.45, 7) is 0.322. The zero-order valence-electron chi connectivity index (χ0n) is 13.5. The highest BCUT2D eigenvalue weighted by Gasteiger charge is 2.26. The molecule has 0 aliphatic rings. The van der Waals surface area contributed by atoms with E-state index in [0.717, 1.165) is 0 Å². The quantitative estimate of drug-likeness (QED) is 0.203. The second kappa shape index (κ2) is 11.8. The molecular weight excluding hydrogens is 321 g/mol. The Kier molecular flexibility index (Phi) is 11.0. The fraction of sp³-hybridized carbons (Fsp3) is 0.769. The average molecular weight is 347 g/mol. The van der Waals surface area contributed by atoms with Crippen LogP contribution in [0.5, 0.6) is 0 Å². The lowest BCUT2D eigenvalue weighted by molar-refractivity contribution is -0.142. The molecule has 0 saturated heterocycles. The summed E-state index contributed by atoms with van der Waals surface area (Å²) in [5.74, 6) is -3.27. The van der Waals surface area contributed by atoms with Gasteiger partial charge >= 0.3 is 19.1 Å². The van der Waals surface area contributed by atoms with E-state index in [1.165, 1.54) is 4.90 Å². The number of nitrogens with zero attached hydrogens (tertiary/aromatic N) is 1. The van der Waals surface area contributed by atoms with Gasteiger partial charge in [0.2, 0.25) is 5.91 Å². The number of rotatable bonds is 13. The van der Waals surface area contributed by atoms with Crippen molar-refractivity contribution < 1.29 is 34.6 Å². The number of hydrogen-bond donors (Lipinski definition) is 6. The van der Waals surface area contributed by atoms with Crippen molar-refractivity contribution in [2.75, 3.05) is 19.6 Å². The first kappa shape index (κ1) is 22.3.